The van der Waals surface area contributed by atoms with Crippen LogP contribution in [0, 0.1) is 6.92 Å². The van der Waals surface area contributed by atoms with Crippen molar-refractivity contribution >= 4 is 29.9 Å². The smallest absolute Gasteiger partial charge is 0.191 e. The normalized spacial score (nSPS) is 25.3. The molecule has 1 aromatic rings. The predicted octanol–water partition coefficient (Wildman–Crippen LogP) is 3.58. The molecule has 2 aliphatic rings. The number of nitrogens with one attached hydrogen (secondary N) is 2. The minimum Gasteiger partial charge on any atom is -0.354 e. The van der Waals surface area contributed by atoms with Gasteiger partial charge in [0.1, 0.15) is 0 Å². The molecule has 0 radical (unpaired) electrons. The summed E-state index contributed by atoms with van der Waals surface area (Å²) in [7, 11) is 1.87. The van der Waals surface area contributed by atoms with Crippen LogP contribution in [0.4, 0.5) is 0 Å². The van der Waals surface area contributed by atoms with E-state index < -0.39 is 0 Å². The fourth-order valence-electron chi connectivity index (χ4n) is 3.31. The average Bonchev–Trinajstić information content (AvgIpc) is 3.01. The van der Waals surface area contributed by atoms with Gasteiger partial charge in [-0.25, -0.2) is 0 Å². The van der Waals surface area contributed by atoms with E-state index in [0.29, 0.717) is 18.0 Å². The molecule has 116 valence electrons. The molecule has 0 heterocycles. The van der Waals surface area contributed by atoms with Crippen molar-refractivity contribution in [2.75, 3.05) is 7.05 Å². The van der Waals surface area contributed by atoms with E-state index in [2.05, 4.69) is 46.8 Å². The summed E-state index contributed by atoms with van der Waals surface area (Å²) >= 11 is 0. The van der Waals surface area contributed by atoms with Gasteiger partial charge in [-0.3, -0.25) is 4.99 Å². The van der Waals surface area contributed by atoms with Crippen LogP contribution < -0.4 is 10.6 Å². The molecule has 2 unspecified atom stereocenters. The highest BCUT2D eigenvalue weighted by atomic mass is 127. The van der Waals surface area contributed by atoms with Crippen LogP contribution >= 0.6 is 24.0 Å². The van der Waals surface area contributed by atoms with Gasteiger partial charge in [0, 0.05) is 25.0 Å². The molecule has 0 saturated heterocycles. The molecule has 0 aromatic heterocycles. The lowest BCUT2D eigenvalue weighted by Crippen LogP contribution is -2.43. The van der Waals surface area contributed by atoms with E-state index in [1.54, 1.807) is 0 Å². The van der Waals surface area contributed by atoms with Gasteiger partial charge < -0.3 is 10.6 Å². The molecule has 0 bridgehead atoms. The van der Waals surface area contributed by atoms with Gasteiger partial charge in [0.15, 0.2) is 5.96 Å². The molecule has 1 aromatic carbocycles. The molecule has 2 aliphatic carbocycles. The average molecular weight is 399 g/mol. The fourth-order valence-corrected chi connectivity index (χ4v) is 3.31. The SMILES string of the molecule is CN=C(NC1CCCC1)NC1CC1c1ccccc1C.I. The molecule has 2 N–H and O–H groups in total. The van der Waals surface area contributed by atoms with Crippen LogP contribution in [0.3, 0.4) is 0 Å². The Kier molecular flexibility index (Phi) is 5.90. The summed E-state index contributed by atoms with van der Waals surface area (Å²) in [5, 5.41) is 7.14. The van der Waals surface area contributed by atoms with E-state index in [-0.39, 0.29) is 24.0 Å². The maximum absolute atomic E-state index is 4.38. The van der Waals surface area contributed by atoms with Crippen molar-refractivity contribution in [2.45, 2.75) is 57.0 Å². The zero-order chi connectivity index (χ0) is 13.9. The molecule has 4 heteroatoms. The first-order valence-electron chi connectivity index (χ1n) is 7.83. The van der Waals surface area contributed by atoms with Crippen LogP contribution in [0.5, 0.6) is 0 Å². The van der Waals surface area contributed by atoms with Gasteiger partial charge in [0.05, 0.1) is 0 Å². The lowest BCUT2D eigenvalue weighted by molar-refractivity contribution is 0.612. The summed E-state index contributed by atoms with van der Waals surface area (Å²) < 4.78 is 0. The van der Waals surface area contributed by atoms with E-state index >= 15 is 0 Å². The number of aliphatic imine (C=N–C) groups is 1. The van der Waals surface area contributed by atoms with Crippen LogP contribution in [0.15, 0.2) is 29.3 Å². The lowest BCUT2D eigenvalue weighted by Gasteiger charge is -2.17. The Bertz CT molecular complexity index is 495. The molecule has 2 fully saturated rings. The highest BCUT2D eigenvalue weighted by molar-refractivity contribution is 14.0. The van der Waals surface area contributed by atoms with Crippen molar-refractivity contribution in [3.05, 3.63) is 35.4 Å². The number of aryl methyl sites for hydroxylation is 1. The molecule has 0 spiro atoms. The third-order valence-electron chi connectivity index (χ3n) is 4.62. The summed E-state index contributed by atoms with van der Waals surface area (Å²) in [4.78, 5) is 4.38. The lowest BCUT2D eigenvalue weighted by atomic mass is 10.0. The zero-order valence-corrected chi connectivity index (χ0v) is 15.3. The van der Waals surface area contributed by atoms with Crippen LogP contribution in [-0.2, 0) is 0 Å². The topological polar surface area (TPSA) is 36.4 Å². The van der Waals surface area contributed by atoms with Gasteiger partial charge in [-0.2, -0.15) is 0 Å². The van der Waals surface area contributed by atoms with E-state index in [4.69, 9.17) is 0 Å². The van der Waals surface area contributed by atoms with Gasteiger partial charge in [0.2, 0.25) is 0 Å². The van der Waals surface area contributed by atoms with Crippen molar-refractivity contribution in [3.8, 4) is 0 Å². The Labute approximate surface area is 145 Å². The maximum Gasteiger partial charge on any atom is 0.191 e. The summed E-state index contributed by atoms with van der Waals surface area (Å²) in [6.45, 7) is 2.20. The molecule has 3 nitrogen and oxygen atoms in total. The third kappa shape index (κ3) is 4.11. The van der Waals surface area contributed by atoms with Crippen molar-refractivity contribution in [3.63, 3.8) is 0 Å². The summed E-state index contributed by atoms with van der Waals surface area (Å²) in [6.07, 6.45) is 6.49. The quantitative estimate of drug-likeness (QED) is 0.463. The van der Waals surface area contributed by atoms with Crippen LogP contribution in [0.1, 0.15) is 49.1 Å². The minimum atomic E-state index is 0. The van der Waals surface area contributed by atoms with Crippen LogP contribution in [0.25, 0.3) is 0 Å². The highest BCUT2D eigenvalue weighted by Crippen LogP contribution is 2.42. The largest absolute Gasteiger partial charge is 0.354 e. The van der Waals surface area contributed by atoms with E-state index in [9.17, 15) is 0 Å². The third-order valence-corrected chi connectivity index (χ3v) is 4.62. The van der Waals surface area contributed by atoms with E-state index in [0.717, 1.165) is 5.96 Å². The molecular weight excluding hydrogens is 373 g/mol. The Balaban J connectivity index is 0.00000161. The Morgan fingerprint density at radius 1 is 1.14 bits per heavy atom. The molecule has 2 atom stereocenters. The zero-order valence-electron chi connectivity index (χ0n) is 12.9. The predicted molar refractivity (Wildman–Crippen MR) is 99.6 cm³/mol. The molecule has 21 heavy (non-hydrogen) atoms. The van der Waals surface area contributed by atoms with Gasteiger partial charge in [-0.15, -0.1) is 24.0 Å². The Morgan fingerprint density at radius 3 is 2.52 bits per heavy atom. The van der Waals surface area contributed by atoms with E-state index in [1.165, 1.54) is 43.2 Å². The van der Waals surface area contributed by atoms with Gasteiger partial charge >= 0.3 is 0 Å². The van der Waals surface area contributed by atoms with Crippen molar-refractivity contribution < 1.29 is 0 Å². The molecule has 0 amide bonds. The van der Waals surface area contributed by atoms with Crippen molar-refractivity contribution in [1.82, 2.24) is 10.6 Å². The second-order valence-corrected chi connectivity index (χ2v) is 6.15. The summed E-state index contributed by atoms with van der Waals surface area (Å²) in [6, 6.07) is 9.89. The van der Waals surface area contributed by atoms with Gasteiger partial charge in [0.25, 0.3) is 0 Å². The number of hydrogen-bond donors (Lipinski definition) is 2. The summed E-state index contributed by atoms with van der Waals surface area (Å²) in [5.74, 6) is 1.64. The number of nitrogens with zero attached hydrogens (tertiary/aromatic N) is 1. The maximum atomic E-state index is 4.38. The molecule has 3 rings (SSSR count). The second kappa shape index (κ2) is 7.47. The number of hydrogen-bond acceptors (Lipinski definition) is 1. The first kappa shape index (κ1) is 16.6. The molecular formula is C17H26IN3. The number of rotatable bonds is 3. The fraction of sp³-hybridized carbons (Fsp3) is 0.588. The Morgan fingerprint density at radius 2 is 1.86 bits per heavy atom. The van der Waals surface area contributed by atoms with Crippen molar-refractivity contribution in [2.24, 2.45) is 4.99 Å². The van der Waals surface area contributed by atoms with Gasteiger partial charge in [-0.1, -0.05) is 37.1 Å². The molecule has 0 aliphatic heterocycles. The minimum absolute atomic E-state index is 0. The second-order valence-electron chi connectivity index (χ2n) is 6.15. The monoisotopic (exact) mass is 399 g/mol. The first-order chi connectivity index (χ1) is 9.78. The van der Waals surface area contributed by atoms with Crippen LogP contribution in [0.2, 0.25) is 0 Å². The molecule has 2 saturated carbocycles. The van der Waals surface area contributed by atoms with E-state index in [1.807, 2.05) is 7.05 Å². The standard InChI is InChI=1S/C17H25N3.HI/c1-12-7-3-6-10-14(12)15-11-16(15)20-17(18-2)19-13-8-4-5-9-13;/h3,6-7,10,13,15-16H,4-5,8-9,11H2,1-2H3,(H2,18,19,20);1H. The van der Waals surface area contributed by atoms with Crippen molar-refractivity contribution in [1.29, 1.82) is 0 Å². The first-order valence-corrected chi connectivity index (χ1v) is 7.83. The number of halogens is 1. The highest BCUT2D eigenvalue weighted by Gasteiger charge is 2.39. The van der Waals surface area contributed by atoms with Crippen LogP contribution in [-0.4, -0.2) is 25.1 Å². The van der Waals surface area contributed by atoms with Gasteiger partial charge in [-0.05, 0) is 37.3 Å². The summed E-state index contributed by atoms with van der Waals surface area (Å²) in [5.41, 5.74) is 2.89. The Hall–Kier alpha value is -0.780. The number of benzene rings is 1. The number of guanidine groups is 1.